The first-order valence-corrected chi connectivity index (χ1v) is 6.63. The van der Waals surface area contributed by atoms with Crippen molar-refractivity contribution in [1.29, 1.82) is 0 Å². The molecule has 0 radical (unpaired) electrons. The maximum absolute atomic E-state index is 4.95. The fourth-order valence-corrected chi connectivity index (χ4v) is 1.60. The maximum Gasteiger partial charge on any atom is 0.0587 e. The number of aromatic nitrogens is 1. The largest absolute Gasteiger partial charge is 0.383 e. The number of hydrogen-bond acceptors (Lipinski definition) is 4. The van der Waals surface area contributed by atoms with Gasteiger partial charge in [-0.1, -0.05) is 0 Å². The molecule has 0 saturated heterocycles. The van der Waals surface area contributed by atoms with Gasteiger partial charge in [0.2, 0.25) is 0 Å². The quantitative estimate of drug-likeness (QED) is 0.680. The summed E-state index contributed by atoms with van der Waals surface area (Å²) in [4.78, 5) is 4.30. The summed E-state index contributed by atoms with van der Waals surface area (Å²) in [6.45, 7) is 4.54. The zero-order chi connectivity index (χ0) is 12.3. The van der Waals surface area contributed by atoms with Gasteiger partial charge in [-0.05, 0) is 47.6 Å². The topological polar surface area (TPSA) is 46.2 Å². The molecule has 0 spiro atoms. The third-order valence-electron chi connectivity index (χ3n) is 2.28. The molecule has 1 rings (SSSR count). The summed E-state index contributed by atoms with van der Waals surface area (Å²) in [5.41, 5.74) is 1.07. The Balaban J connectivity index is 1.95. The summed E-state index contributed by atoms with van der Waals surface area (Å²) < 4.78 is 5.96. The predicted molar refractivity (Wildman–Crippen MR) is 73.0 cm³/mol. The molecule has 0 atom stereocenters. The highest BCUT2D eigenvalue weighted by molar-refractivity contribution is 9.10. The van der Waals surface area contributed by atoms with Crippen LogP contribution in [-0.2, 0) is 11.3 Å². The second kappa shape index (κ2) is 9.53. The van der Waals surface area contributed by atoms with Crippen molar-refractivity contribution in [3.8, 4) is 0 Å². The fraction of sp³-hybridized carbons (Fsp3) is 0.583. The van der Waals surface area contributed by atoms with Gasteiger partial charge in [-0.15, -0.1) is 0 Å². The zero-order valence-electron chi connectivity index (χ0n) is 10.2. The minimum atomic E-state index is 0.774. The van der Waals surface area contributed by atoms with Gasteiger partial charge in [0.1, 0.15) is 0 Å². The third-order valence-corrected chi connectivity index (χ3v) is 2.75. The molecular formula is C12H20BrN3O. The summed E-state index contributed by atoms with van der Waals surface area (Å²) >= 11 is 3.37. The predicted octanol–water partition coefficient (Wildman–Crippen LogP) is 1.56. The van der Waals surface area contributed by atoms with Gasteiger partial charge in [0, 0.05) is 30.9 Å². The Morgan fingerprint density at radius 2 is 2.06 bits per heavy atom. The van der Waals surface area contributed by atoms with Crippen molar-refractivity contribution in [2.75, 3.05) is 33.4 Å². The van der Waals surface area contributed by atoms with Crippen molar-refractivity contribution in [1.82, 2.24) is 15.6 Å². The van der Waals surface area contributed by atoms with E-state index in [0.29, 0.717) is 0 Å². The van der Waals surface area contributed by atoms with Gasteiger partial charge < -0.3 is 15.4 Å². The van der Waals surface area contributed by atoms with Crippen LogP contribution in [0.3, 0.4) is 0 Å². The first kappa shape index (κ1) is 14.6. The average molecular weight is 302 g/mol. The smallest absolute Gasteiger partial charge is 0.0587 e. The Hall–Kier alpha value is -0.490. The lowest BCUT2D eigenvalue weighted by molar-refractivity contribution is 0.199. The van der Waals surface area contributed by atoms with Crippen LogP contribution in [0.1, 0.15) is 12.1 Å². The molecule has 5 heteroatoms. The average Bonchev–Trinajstić information content (AvgIpc) is 2.35. The van der Waals surface area contributed by atoms with Gasteiger partial charge in [0.25, 0.3) is 0 Å². The Labute approximate surface area is 111 Å². The summed E-state index contributed by atoms with van der Waals surface area (Å²) in [5, 5.41) is 6.67. The number of halogens is 1. The van der Waals surface area contributed by atoms with Gasteiger partial charge >= 0.3 is 0 Å². The number of nitrogens with one attached hydrogen (secondary N) is 2. The standard InChI is InChI=1S/C12H20BrN3O/c1-17-8-7-14-5-2-6-15-10-12-4-3-11(13)9-16-12/h3-4,9,14-15H,2,5-8,10H2,1H3. The van der Waals surface area contributed by atoms with E-state index in [1.165, 1.54) is 0 Å². The van der Waals surface area contributed by atoms with Gasteiger partial charge in [-0.25, -0.2) is 0 Å². The highest BCUT2D eigenvalue weighted by Gasteiger charge is 1.94. The van der Waals surface area contributed by atoms with Crippen LogP contribution in [0.4, 0.5) is 0 Å². The molecule has 1 aromatic rings. The summed E-state index contributed by atoms with van der Waals surface area (Å²) in [5.74, 6) is 0. The third kappa shape index (κ3) is 7.44. The van der Waals surface area contributed by atoms with E-state index in [1.807, 2.05) is 18.3 Å². The van der Waals surface area contributed by atoms with Gasteiger partial charge in [0.05, 0.1) is 12.3 Å². The van der Waals surface area contributed by atoms with E-state index in [2.05, 4.69) is 31.5 Å². The van der Waals surface area contributed by atoms with Crippen molar-refractivity contribution in [2.45, 2.75) is 13.0 Å². The molecule has 0 fully saturated rings. The molecule has 0 saturated carbocycles. The molecule has 0 bridgehead atoms. The number of methoxy groups -OCH3 is 1. The van der Waals surface area contributed by atoms with E-state index in [4.69, 9.17) is 4.74 Å². The van der Waals surface area contributed by atoms with Crippen LogP contribution in [0, 0.1) is 0 Å². The first-order chi connectivity index (χ1) is 8.33. The van der Waals surface area contributed by atoms with Crippen molar-refractivity contribution in [3.63, 3.8) is 0 Å². The van der Waals surface area contributed by atoms with Crippen LogP contribution >= 0.6 is 15.9 Å². The first-order valence-electron chi connectivity index (χ1n) is 5.83. The van der Waals surface area contributed by atoms with Crippen LogP contribution in [0.25, 0.3) is 0 Å². The molecule has 96 valence electrons. The summed E-state index contributed by atoms with van der Waals surface area (Å²) in [6.07, 6.45) is 2.93. The minimum absolute atomic E-state index is 0.774. The highest BCUT2D eigenvalue weighted by Crippen LogP contribution is 2.06. The molecule has 1 heterocycles. The molecule has 2 N–H and O–H groups in total. The normalized spacial score (nSPS) is 10.7. The highest BCUT2D eigenvalue weighted by atomic mass is 79.9. The Kier molecular flexibility index (Phi) is 8.17. The second-order valence-electron chi connectivity index (χ2n) is 3.74. The van der Waals surface area contributed by atoms with Gasteiger partial charge in [-0.3, -0.25) is 4.98 Å². The number of hydrogen-bond donors (Lipinski definition) is 2. The summed E-state index contributed by atoms with van der Waals surface area (Å²) in [7, 11) is 1.72. The van der Waals surface area contributed by atoms with Crippen molar-refractivity contribution in [3.05, 3.63) is 28.5 Å². The number of ether oxygens (including phenoxy) is 1. The molecule has 0 aliphatic rings. The lowest BCUT2D eigenvalue weighted by Crippen LogP contribution is -2.24. The van der Waals surface area contributed by atoms with E-state index >= 15 is 0 Å². The van der Waals surface area contributed by atoms with E-state index in [0.717, 1.165) is 49.4 Å². The van der Waals surface area contributed by atoms with Crippen LogP contribution in [-0.4, -0.2) is 38.3 Å². The molecule has 17 heavy (non-hydrogen) atoms. The molecule has 0 aliphatic carbocycles. The van der Waals surface area contributed by atoms with Crippen LogP contribution in [0.2, 0.25) is 0 Å². The molecule has 0 amide bonds. The van der Waals surface area contributed by atoms with E-state index in [9.17, 15) is 0 Å². The number of pyridine rings is 1. The van der Waals surface area contributed by atoms with Crippen molar-refractivity contribution < 1.29 is 4.74 Å². The lowest BCUT2D eigenvalue weighted by Gasteiger charge is -2.05. The monoisotopic (exact) mass is 301 g/mol. The Morgan fingerprint density at radius 3 is 2.76 bits per heavy atom. The molecule has 4 nitrogen and oxygen atoms in total. The Bertz CT molecular complexity index is 292. The fourth-order valence-electron chi connectivity index (χ4n) is 1.37. The van der Waals surface area contributed by atoms with Crippen LogP contribution < -0.4 is 10.6 Å². The zero-order valence-corrected chi connectivity index (χ0v) is 11.8. The van der Waals surface area contributed by atoms with Crippen molar-refractivity contribution >= 4 is 15.9 Å². The van der Waals surface area contributed by atoms with E-state index < -0.39 is 0 Å². The van der Waals surface area contributed by atoms with Gasteiger partial charge in [0.15, 0.2) is 0 Å². The lowest BCUT2D eigenvalue weighted by atomic mass is 10.3. The second-order valence-corrected chi connectivity index (χ2v) is 4.66. The Morgan fingerprint density at radius 1 is 1.24 bits per heavy atom. The minimum Gasteiger partial charge on any atom is -0.383 e. The summed E-state index contributed by atoms with van der Waals surface area (Å²) in [6, 6.07) is 4.03. The molecule has 0 aromatic carbocycles. The number of rotatable bonds is 9. The van der Waals surface area contributed by atoms with Crippen LogP contribution in [0.5, 0.6) is 0 Å². The van der Waals surface area contributed by atoms with E-state index in [1.54, 1.807) is 7.11 Å². The van der Waals surface area contributed by atoms with Crippen LogP contribution in [0.15, 0.2) is 22.8 Å². The molecule has 0 aliphatic heterocycles. The van der Waals surface area contributed by atoms with E-state index in [-0.39, 0.29) is 0 Å². The maximum atomic E-state index is 4.95. The SMILES string of the molecule is COCCNCCCNCc1ccc(Br)cn1. The van der Waals surface area contributed by atoms with Gasteiger partial charge in [-0.2, -0.15) is 0 Å². The van der Waals surface area contributed by atoms with Crippen molar-refractivity contribution in [2.24, 2.45) is 0 Å². The molecule has 1 aromatic heterocycles. The molecule has 0 unspecified atom stereocenters. The molecular weight excluding hydrogens is 282 g/mol. The number of nitrogens with zero attached hydrogens (tertiary/aromatic N) is 1.